The van der Waals surface area contributed by atoms with Crippen LogP contribution in [0.2, 0.25) is 0 Å². The second-order valence-electron chi connectivity index (χ2n) is 3.58. The summed E-state index contributed by atoms with van der Waals surface area (Å²) in [7, 11) is 0. The second-order valence-corrected chi connectivity index (χ2v) is 3.58. The van der Waals surface area contributed by atoms with Gasteiger partial charge in [-0.2, -0.15) is 0 Å². The third-order valence-corrected chi connectivity index (χ3v) is 2.43. The van der Waals surface area contributed by atoms with Gasteiger partial charge in [-0.05, 0) is 25.5 Å². The van der Waals surface area contributed by atoms with Crippen molar-refractivity contribution in [2.24, 2.45) is 0 Å². The first-order chi connectivity index (χ1) is 7.59. The molecule has 0 spiro atoms. The number of aryl methyl sites for hydroxylation is 2. The lowest BCUT2D eigenvalue weighted by atomic mass is 10.2. The molecule has 0 amide bonds. The Morgan fingerprint density at radius 1 is 1.50 bits per heavy atom. The molecule has 0 saturated carbocycles. The number of nitrogens with zero attached hydrogens (tertiary/aromatic N) is 3. The van der Waals surface area contributed by atoms with Crippen LogP contribution in [0.1, 0.15) is 27.4 Å². The predicted molar refractivity (Wildman–Crippen MR) is 54.3 cm³/mol. The smallest absolute Gasteiger partial charge is 0.352 e. The number of carboxylic acid groups (broad SMARTS) is 1. The third-order valence-electron chi connectivity index (χ3n) is 2.43. The van der Waals surface area contributed by atoms with E-state index in [1.165, 1.54) is 0 Å². The van der Waals surface area contributed by atoms with E-state index in [1.54, 1.807) is 30.7 Å². The Hall–Kier alpha value is -2.11. The van der Waals surface area contributed by atoms with Crippen LogP contribution in [0, 0.1) is 13.8 Å². The Bertz CT molecular complexity index is 527. The van der Waals surface area contributed by atoms with Crippen LogP contribution in [0.3, 0.4) is 0 Å². The van der Waals surface area contributed by atoms with Crippen molar-refractivity contribution in [3.05, 3.63) is 34.9 Å². The highest BCUT2D eigenvalue weighted by atomic mass is 16.6. The Balaban J connectivity index is 2.35. The summed E-state index contributed by atoms with van der Waals surface area (Å²) in [5, 5.41) is 16.4. The maximum Gasteiger partial charge on any atom is 0.352 e. The summed E-state index contributed by atoms with van der Waals surface area (Å²) in [5.74, 6) is -0.948. The van der Waals surface area contributed by atoms with E-state index in [-0.39, 0.29) is 5.69 Å². The summed E-state index contributed by atoms with van der Waals surface area (Å²) < 4.78 is 6.18. The Labute approximate surface area is 91.5 Å². The fourth-order valence-electron chi connectivity index (χ4n) is 1.56. The molecule has 0 saturated heterocycles. The summed E-state index contributed by atoms with van der Waals surface area (Å²) in [6.45, 7) is 3.88. The van der Waals surface area contributed by atoms with E-state index in [4.69, 9.17) is 5.11 Å². The van der Waals surface area contributed by atoms with Crippen molar-refractivity contribution in [3.63, 3.8) is 0 Å². The highest BCUT2D eigenvalue weighted by molar-refractivity contribution is 5.87. The number of rotatable bonds is 3. The number of hydrogen-bond donors (Lipinski definition) is 1. The maximum atomic E-state index is 11.0. The van der Waals surface area contributed by atoms with Crippen LogP contribution < -0.4 is 0 Å². The molecule has 6 heteroatoms. The standard InChI is InChI=1S/C10H11N3O3/c1-6-3-4-13(9(6)10(14)15)5-8-7(2)11-16-12-8/h3-4H,5H2,1-2H3,(H,14,15). The number of carbonyl (C=O) groups is 1. The Morgan fingerprint density at radius 2 is 2.25 bits per heavy atom. The monoisotopic (exact) mass is 221 g/mol. The van der Waals surface area contributed by atoms with Gasteiger partial charge in [-0.15, -0.1) is 0 Å². The normalized spacial score (nSPS) is 10.6. The molecule has 16 heavy (non-hydrogen) atoms. The zero-order valence-electron chi connectivity index (χ0n) is 8.97. The molecular weight excluding hydrogens is 210 g/mol. The van der Waals surface area contributed by atoms with Crippen LogP contribution in [-0.4, -0.2) is 26.0 Å². The quantitative estimate of drug-likeness (QED) is 0.843. The minimum Gasteiger partial charge on any atom is -0.477 e. The number of aromatic nitrogens is 3. The summed E-state index contributed by atoms with van der Waals surface area (Å²) in [6, 6.07) is 1.76. The molecular formula is C10H11N3O3. The molecule has 1 N–H and O–H groups in total. The van der Waals surface area contributed by atoms with Crippen molar-refractivity contribution >= 4 is 5.97 Å². The molecule has 0 aliphatic rings. The molecule has 6 nitrogen and oxygen atoms in total. The van der Waals surface area contributed by atoms with Crippen molar-refractivity contribution in [2.75, 3.05) is 0 Å². The van der Waals surface area contributed by atoms with E-state index in [2.05, 4.69) is 14.9 Å². The van der Waals surface area contributed by atoms with Crippen LogP contribution in [0.15, 0.2) is 16.9 Å². The van der Waals surface area contributed by atoms with Crippen LogP contribution >= 0.6 is 0 Å². The van der Waals surface area contributed by atoms with E-state index < -0.39 is 5.97 Å². The Kier molecular flexibility index (Phi) is 2.47. The van der Waals surface area contributed by atoms with Crippen molar-refractivity contribution in [2.45, 2.75) is 20.4 Å². The lowest BCUT2D eigenvalue weighted by molar-refractivity contribution is 0.0684. The molecule has 0 bridgehead atoms. The molecule has 0 atom stereocenters. The fraction of sp³-hybridized carbons (Fsp3) is 0.300. The first-order valence-corrected chi connectivity index (χ1v) is 4.76. The van der Waals surface area contributed by atoms with Crippen molar-refractivity contribution in [1.29, 1.82) is 0 Å². The van der Waals surface area contributed by atoms with Gasteiger partial charge in [0, 0.05) is 6.20 Å². The Morgan fingerprint density at radius 3 is 2.81 bits per heavy atom. The summed E-state index contributed by atoms with van der Waals surface area (Å²) in [4.78, 5) is 11.0. The second kappa shape index (κ2) is 3.80. The average Bonchev–Trinajstić information content (AvgIpc) is 2.75. The molecule has 84 valence electrons. The largest absolute Gasteiger partial charge is 0.477 e. The van der Waals surface area contributed by atoms with E-state index in [1.807, 2.05) is 0 Å². The van der Waals surface area contributed by atoms with Gasteiger partial charge in [-0.1, -0.05) is 10.3 Å². The van der Waals surface area contributed by atoms with Gasteiger partial charge in [0.05, 0.1) is 6.54 Å². The first-order valence-electron chi connectivity index (χ1n) is 4.76. The number of carboxylic acids is 1. The van der Waals surface area contributed by atoms with Gasteiger partial charge < -0.3 is 9.67 Å². The first kappa shape index (κ1) is 10.4. The topological polar surface area (TPSA) is 81.2 Å². The number of hydrogen-bond acceptors (Lipinski definition) is 4. The predicted octanol–water partition coefficient (Wildman–Crippen LogP) is 1.23. The lowest BCUT2D eigenvalue weighted by Crippen LogP contribution is -2.10. The molecule has 0 unspecified atom stereocenters. The number of aromatic carboxylic acids is 1. The maximum absolute atomic E-state index is 11.0. The molecule has 2 aromatic heterocycles. The molecule has 0 fully saturated rings. The zero-order valence-corrected chi connectivity index (χ0v) is 8.97. The molecule has 2 heterocycles. The molecule has 0 aliphatic heterocycles. The van der Waals surface area contributed by atoms with Crippen molar-refractivity contribution < 1.29 is 14.5 Å². The van der Waals surface area contributed by atoms with Crippen LogP contribution in [-0.2, 0) is 6.54 Å². The van der Waals surface area contributed by atoms with Gasteiger partial charge in [-0.25, -0.2) is 9.42 Å². The van der Waals surface area contributed by atoms with E-state index in [9.17, 15) is 4.79 Å². The van der Waals surface area contributed by atoms with E-state index in [0.717, 1.165) is 5.56 Å². The summed E-state index contributed by atoms with van der Waals surface area (Å²) >= 11 is 0. The van der Waals surface area contributed by atoms with Gasteiger partial charge >= 0.3 is 5.97 Å². The molecule has 0 aromatic carbocycles. The van der Waals surface area contributed by atoms with Gasteiger partial charge in [0.15, 0.2) is 0 Å². The average molecular weight is 221 g/mol. The van der Waals surface area contributed by atoms with Gasteiger partial charge in [0.1, 0.15) is 17.1 Å². The molecule has 0 aliphatic carbocycles. The van der Waals surface area contributed by atoms with Crippen LogP contribution in [0.5, 0.6) is 0 Å². The van der Waals surface area contributed by atoms with Gasteiger partial charge in [0.25, 0.3) is 0 Å². The minimum atomic E-state index is -0.948. The summed E-state index contributed by atoms with van der Waals surface area (Å²) in [6.07, 6.45) is 1.72. The van der Waals surface area contributed by atoms with Gasteiger partial charge in [0.2, 0.25) is 0 Å². The highest BCUT2D eigenvalue weighted by Gasteiger charge is 2.15. The van der Waals surface area contributed by atoms with Crippen molar-refractivity contribution in [3.8, 4) is 0 Å². The minimum absolute atomic E-state index is 0.266. The molecule has 2 aromatic rings. The SMILES string of the molecule is Cc1ccn(Cc2nonc2C)c1C(=O)O. The van der Waals surface area contributed by atoms with E-state index >= 15 is 0 Å². The van der Waals surface area contributed by atoms with Crippen molar-refractivity contribution in [1.82, 2.24) is 14.9 Å². The van der Waals surface area contributed by atoms with Gasteiger partial charge in [-0.3, -0.25) is 0 Å². The zero-order chi connectivity index (χ0) is 11.7. The summed E-state index contributed by atoms with van der Waals surface area (Å²) in [5.41, 5.74) is 2.30. The van der Waals surface area contributed by atoms with E-state index in [0.29, 0.717) is 17.9 Å². The lowest BCUT2D eigenvalue weighted by Gasteiger charge is -2.04. The molecule has 0 radical (unpaired) electrons. The molecule has 2 rings (SSSR count). The highest BCUT2D eigenvalue weighted by Crippen LogP contribution is 2.13. The fourth-order valence-corrected chi connectivity index (χ4v) is 1.56. The third kappa shape index (κ3) is 1.69. The van der Waals surface area contributed by atoms with Crippen LogP contribution in [0.25, 0.3) is 0 Å². The van der Waals surface area contributed by atoms with Crippen LogP contribution in [0.4, 0.5) is 0 Å².